The average molecular weight is 294 g/mol. The minimum absolute atomic E-state index is 0.0620. The van der Waals surface area contributed by atoms with E-state index in [2.05, 4.69) is 6.92 Å². The molecule has 1 aliphatic carbocycles. The van der Waals surface area contributed by atoms with Crippen LogP contribution >= 0.6 is 0 Å². The van der Waals surface area contributed by atoms with Crippen molar-refractivity contribution in [3.63, 3.8) is 0 Å². The number of ether oxygens (including phenoxy) is 4. The van der Waals surface area contributed by atoms with Crippen LogP contribution in [-0.2, 0) is 23.7 Å². The van der Waals surface area contributed by atoms with Crippen LogP contribution in [0.3, 0.4) is 0 Å². The third-order valence-electron chi connectivity index (χ3n) is 5.09. The van der Waals surface area contributed by atoms with E-state index < -0.39 is 18.2 Å². The molecule has 5 nitrogen and oxygen atoms in total. The largest absolute Gasteiger partial charge is 0.368 e. The topological polar surface area (TPSA) is 54.0 Å². The van der Waals surface area contributed by atoms with E-state index in [1.807, 2.05) is 13.8 Å². The Morgan fingerprint density at radius 3 is 2.81 bits per heavy atom. The van der Waals surface area contributed by atoms with Crippen molar-refractivity contribution in [1.29, 1.82) is 0 Å². The zero-order chi connectivity index (χ0) is 14.8. The number of allylic oxidation sites excluding steroid dienone is 1. The van der Waals surface area contributed by atoms with Gasteiger partial charge >= 0.3 is 0 Å². The molecule has 3 heterocycles. The minimum Gasteiger partial charge on any atom is -0.368 e. The summed E-state index contributed by atoms with van der Waals surface area (Å²) in [6.07, 6.45) is 1.03. The summed E-state index contributed by atoms with van der Waals surface area (Å²) in [5.74, 6) is -0.462. The van der Waals surface area contributed by atoms with Crippen molar-refractivity contribution in [2.75, 3.05) is 6.61 Å². The quantitative estimate of drug-likeness (QED) is 0.639. The molecule has 3 aliphatic heterocycles. The van der Waals surface area contributed by atoms with E-state index in [-0.39, 0.29) is 23.9 Å². The summed E-state index contributed by atoms with van der Waals surface area (Å²) in [6, 6.07) is 0. The summed E-state index contributed by atoms with van der Waals surface area (Å²) in [4.78, 5) is 12.8. The first-order valence-electron chi connectivity index (χ1n) is 7.78. The van der Waals surface area contributed by atoms with Crippen LogP contribution in [0.5, 0.6) is 0 Å². The summed E-state index contributed by atoms with van der Waals surface area (Å²) in [6.45, 7) is 6.43. The first-order chi connectivity index (χ1) is 9.94. The molecule has 4 aliphatic rings. The lowest BCUT2D eigenvalue weighted by Gasteiger charge is -2.33. The number of rotatable bonds is 0. The maximum atomic E-state index is 12.8. The van der Waals surface area contributed by atoms with Gasteiger partial charge in [-0.15, -0.1) is 0 Å². The van der Waals surface area contributed by atoms with E-state index >= 15 is 0 Å². The van der Waals surface area contributed by atoms with E-state index in [1.165, 1.54) is 11.1 Å². The Bertz CT molecular complexity index is 509. The summed E-state index contributed by atoms with van der Waals surface area (Å²) < 4.78 is 23.5. The van der Waals surface area contributed by atoms with Crippen molar-refractivity contribution in [2.45, 2.75) is 70.4 Å². The highest BCUT2D eigenvalue weighted by atomic mass is 16.8. The van der Waals surface area contributed by atoms with Crippen molar-refractivity contribution in [3.05, 3.63) is 11.1 Å². The van der Waals surface area contributed by atoms with Gasteiger partial charge in [-0.1, -0.05) is 5.57 Å². The normalized spacial score (nSPS) is 45.1. The van der Waals surface area contributed by atoms with E-state index in [4.69, 9.17) is 18.9 Å². The zero-order valence-corrected chi connectivity index (χ0v) is 12.8. The van der Waals surface area contributed by atoms with Gasteiger partial charge in [-0.2, -0.15) is 0 Å². The van der Waals surface area contributed by atoms with Crippen molar-refractivity contribution in [3.8, 4) is 0 Å². The third-order valence-corrected chi connectivity index (χ3v) is 5.09. The zero-order valence-electron chi connectivity index (χ0n) is 12.8. The molecule has 0 aromatic heterocycles. The maximum Gasteiger partial charge on any atom is 0.190 e. The fourth-order valence-corrected chi connectivity index (χ4v) is 3.89. The lowest BCUT2D eigenvalue weighted by atomic mass is 9.79. The highest BCUT2D eigenvalue weighted by Crippen LogP contribution is 2.43. The van der Waals surface area contributed by atoms with E-state index in [0.717, 1.165) is 19.3 Å². The Morgan fingerprint density at radius 1 is 1.19 bits per heavy atom. The number of carbonyl (C=O) groups is 1. The van der Waals surface area contributed by atoms with Crippen LogP contribution in [-0.4, -0.2) is 42.8 Å². The SMILES string of the molecule is CC1=C2CO[C@@H]3[C@H]4OC(C)(C)O[C@H]4O[C@@H]3C(=O)C(CC1)C2. The van der Waals surface area contributed by atoms with Crippen LogP contribution in [0.2, 0.25) is 0 Å². The molecule has 3 fully saturated rings. The van der Waals surface area contributed by atoms with Crippen LogP contribution in [0.25, 0.3) is 0 Å². The second kappa shape index (κ2) is 4.62. The molecule has 0 saturated carbocycles. The minimum atomic E-state index is -0.680. The average Bonchev–Trinajstić information content (AvgIpc) is 2.88. The van der Waals surface area contributed by atoms with Crippen molar-refractivity contribution in [1.82, 2.24) is 0 Å². The fourth-order valence-electron chi connectivity index (χ4n) is 3.89. The predicted molar refractivity (Wildman–Crippen MR) is 73.5 cm³/mol. The Labute approximate surface area is 124 Å². The molecule has 1 unspecified atom stereocenters. The Morgan fingerprint density at radius 2 is 2.00 bits per heavy atom. The van der Waals surface area contributed by atoms with Crippen LogP contribution in [0.4, 0.5) is 0 Å². The van der Waals surface area contributed by atoms with Gasteiger partial charge in [0, 0.05) is 5.92 Å². The van der Waals surface area contributed by atoms with Crippen LogP contribution in [0, 0.1) is 5.92 Å². The van der Waals surface area contributed by atoms with Crippen molar-refractivity contribution < 1.29 is 23.7 Å². The first kappa shape index (κ1) is 13.9. The molecule has 5 atom stereocenters. The molecular weight excluding hydrogens is 272 g/mol. The molecular formula is C16H22O5. The number of carbonyl (C=O) groups excluding carboxylic acids is 1. The van der Waals surface area contributed by atoms with Gasteiger partial charge in [0.1, 0.15) is 18.3 Å². The van der Waals surface area contributed by atoms with Gasteiger partial charge in [-0.25, -0.2) is 0 Å². The molecule has 3 saturated heterocycles. The third kappa shape index (κ3) is 2.18. The lowest BCUT2D eigenvalue weighted by molar-refractivity contribution is -0.218. The number of ketones is 1. The molecule has 0 aromatic rings. The second-order valence-corrected chi connectivity index (χ2v) is 7.03. The molecule has 4 rings (SSSR count). The fraction of sp³-hybridized carbons (Fsp3) is 0.812. The maximum absolute atomic E-state index is 12.8. The lowest BCUT2D eigenvalue weighted by Crippen LogP contribution is -2.45. The molecule has 0 aromatic carbocycles. The highest BCUT2D eigenvalue weighted by molar-refractivity contribution is 5.87. The Hall–Kier alpha value is -0.750. The van der Waals surface area contributed by atoms with E-state index in [1.54, 1.807) is 0 Å². The molecule has 5 heteroatoms. The van der Waals surface area contributed by atoms with E-state index in [9.17, 15) is 4.79 Å². The van der Waals surface area contributed by atoms with Crippen LogP contribution in [0.1, 0.15) is 40.0 Å². The van der Waals surface area contributed by atoms with Crippen LogP contribution in [0.15, 0.2) is 11.1 Å². The van der Waals surface area contributed by atoms with Gasteiger partial charge < -0.3 is 18.9 Å². The highest BCUT2D eigenvalue weighted by Gasteiger charge is 2.58. The molecule has 0 radical (unpaired) electrons. The summed E-state index contributed by atoms with van der Waals surface area (Å²) >= 11 is 0. The second-order valence-electron chi connectivity index (χ2n) is 7.03. The predicted octanol–water partition coefficient (Wildman–Crippen LogP) is 1.95. The molecule has 2 bridgehead atoms. The molecule has 0 N–H and O–H groups in total. The Balaban J connectivity index is 1.63. The van der Waals surface area contributed by atoms with Crippen LogP contribution < -0.4 is 0 Å². The number of hydrogen-bond acceptors (Lipinski definition) is 5. The Kier molecular flexibility index (Phi) is 3.05. The van der Waals surface area contributed by atoms with Gasteiger partial charge in [0.05, 0.1) is 6.61 Å². The van der Waals surface area contributed by atoms with E-state index in [0.29, 0.717) is 6.61 Å². The van der Waals surface area contributed by atoms with Gasteiger partial charge in [0.15, 0.2) is 17.9 Å². The van der Waals surface area contributed by atoms with Gasteiger partial charge in [0.2, 0.25) is 0 Å². The number of hydrogen-bond donors (Lipinski definition) is 0. The van der Waals surface area contributed by atoms with Crippen molar-refractivity contribution >= 4 is 5.78 Å². The summed E-state index contributed by atoms with van der Waals surface area (Å²) in [5.41, 5.74) is 2.65. The van der Waals surface area contributed by atoms with Gasteiger partial charge in [0.25, 0.3) is 0 Å². The monoisotopic (exact) mass is 294 g/mol. The first-order valence-corrected chi connectivity index (χ1v) is 7.78. The van der Waals surface area contributed by atoms with Crippen molar-refractivity contribution in [2.24, 2.45) is 5.92 Å². The van der Waals surface area contributed by atoms with Gasteiger partial charge in [-0.05, 0) is 45.6 Å². The molecule has 0 amide bonds. The standard InChI is InChI=1S/C16H22O5/c1-8-4-5-9-6-10(8)7-18-13-12(11(9)17)19-15-14(13)20-16(2,3)21-15/h9,12-15H,4-7H2,1-3H3/t9?,12-,13+,14-,15-/m1/s1. The number of Topliss-reactive ketones (excluding diaryl/α,β-unsaturated/α-hetero) is 1. The molecule has 116 valence electrons. The van der Waals surface area contributed by atoms with Gasteiger partial charge in [-0.3, -0.25) is 4.79 Å². The molecule has 0 spiro atoms. The smallest absolute Gasteiger partial charge is 0.190 e. The summed E-state index contributed by atoms with van der Waals surface area (Å²) in [5, 5.41) is 0. The summed E-state index contributed by atoms with van der Waals surface area (Å²) in [7, 11) is 0. The number of fused-ring (bicyclic) bond motifs is 5. The molecule has 21 heavy (non-hydrogen) atoms.